The van der Waals surface area contributed by atoms with Crippen LogP contribution in [0.2, 0.25) is 0 Å². The molecule has 4 aliphatic rings. The van der Waals surface area contributed by atoms with Crippen molar-refractivity contribution in [2.75, 3.05) is 52.8 Å². The summed E-state index contributed by atoms with van der Waals surface area (Å²) in [4.78, 5) is 50.2. The summed E-state index contributed by atoms with van der Waals surface area (Å²) in [6, 6.07) is 19.7. The summed E-state index contributed by atoms with van der Waals surface area (Å²) in [5, 5.41) is 39.2. The number of benzene rings is 3. The number of aliphatic hydroxyl groups is 2. The van der Waals surface area contributed by atoms with Gasteiger partial charge in [0, 0.05) is 54.0 Å². The Kier molecular flexibility index (Phi) is 13.7. The van der Waals surface area contributed by atoms with Crippen LogP contribution in [0.1, 0.15) is 62.0 Å². The Morgan fingerprint density at radius 3 is 2.37 bits per heavy atom. The molecule has 7 rings (SSSR count). The molecule has 1 heterocycles. The number of methoxy groups -OCH3 is 1. The van der Waals surface area contributed by atoms with Crippen molar-refractivity contribution in [2.45, 2.75) is 83.8 Å². The van der Waals surface area contributed by atoms with Crippen LogP contribution in [0.4, 0.5) is 5.69 Å². The Labute approximate surface area is 348 Å². The van der Waals surface area contributed by atoms with Gasteiger partial charge in [0.1, 0.15) is 24.4 Å². The molecule has 3 aromatic carbocycles. The lowest BCUT2D eigenvalue weighted by Gasteiger charge is -2.62. The zero-order chi connectivity index (χ0) is 42.8. The van der Waals surface area contributed by atoms with Crippen LogP contribution in [-0.2, 0) is 27.4 Å². The normalized spacial score (nSPS) is 25.8. The number of carboxylic acids is 1. The predicted octanol–water partition coefficient (Wildman–Crippen LogP) is 4.45. The predicted molar refractivity (Wildman–Crippen MR) is 227 cm³/mol. The van der Waals surface area contributed by atoms with Gasteiger partial charge >= 0.3 is 5.97 Å². The third kappa shape index (κ3) is 9.60. The second-order valence-electron chi connectivity index (χ2n) is 17.9. The number of carboxylic acid groups (broad SMARTS) is 1. The Morgan fingerprint density at radius 2 is 1.76 bits per heavy atom. The minimum atomic E-state index is -1.02. The monoisotopic (exact) mass is 813 g/mol. The van der Waals surface area contributed by atoms with Crippen LogP contribution in [0.25, 0.3) is 11.1 Å². The van der Waals surface area contributed by atoms with Crippen LogP contribution < -0.4 is 20.3 Å². The molecule has 3 saturated carbocycles. The molecule has 4 fully saturated rings. The largest absolute Gasteiger partial charge is 0.496 e. The second kappa shape index (κ2) is 18.4. The number of para-hydroxylation sites is 1. The maximum atomic E-state index is 14.3. The maximum absolute atomic E-state index is 14.3. The van der Waals surface area contributed by atoms with Gasteiger partial charge < -0.3 is 40.5 Å². The lowest BCUT2D eigenvalue weighted by atomic mass is 9.45. The summed E-state index contributed by atoms with van der Waals surface area (Å²) in [6.45, 7) is 8.49. The van der Waals surface area contributed by atoms with E-state index in [0.29, 0.717) is 64.4 Å². The van der Waals surface area contributed by atoms with Gasteiger partial charge in [-0.05, 0) is 92.8 Å². The first-order valence-corrected chi connectivity index (χ1v) is 20.8. The van der Waals surface area contributed by atoms with Crippen molar-refractivity contribution in [1.29, 1.82) is 0 Å². The fraction of sp³-hybridized carbons (Fsp3) is 0.543. The van der Waals surface area contributed by atoms with E-state index >= 15 is 0 Å². The summed E-state index contributed by atoms with van der Waals surface area (Å²) in [7, 11) is 7.13. The molecule has 3 aromatic rings. The number of aliphatic hydroxyl groups excluding tert-OH is 2. The maximum Gasteiger partial charge on any atom is 0.323 e. The number of hydrogen-bond donors (Lipinski definition) is 5. The van der Waals surface area contributed by atoms with Gasteiger partial charge in [-0.1, -0.05) is 69.3 Å². The minimum Gasteiger partial charge on any atom is -0.496 e. The molecule has 0 aromatic heterocycles. The highest BCUT2D eigenvalue weighted by atomic mass is 16.7. The van der Waals surface area contributed by atoms with Crippen molar-refractivity contribution in [3.05, 3.63) is 83.4 Å². The number of rotatable bonds is 17. The first-order chi connectivity index (χ1) is 28.0. The van der Waals surface area contributed by atoms with Crippen molar-refractivity contribution >= 4 is 23.5 Å². The van der Waals surface area contributed by atoms with Gasteiger partial charge in [0.2, 0.25) is 5.91 Å². The summed E-state index contributed by atoms with van der Waals surface area (Å²) in [6.07, 6.45) is 0.936. The number of ether oxygens (including phenoxy) is 1. The number of amides is 2. The number of carbonyl (C=O) groups excluding carboxylic acids is 2. The fourth-order valence-electron chi connectivity index (χ4n) is 10.0. The fourth-order valence-corrected chi connectivity index (χ4v) is 10.0. The highest BCUT2D eigenvalue weighted by Gasteiger charge is 2.57. The Balaban J connectivity index is 1.32. The molecule has 13 nitrogen and oxygen atoms in total. The lowest BCUT2D eigenvalue weighted by Crippen LogP contribution is -2.62. The summed E-state index contributed by atoms with van der Waals surface area (Å²) in [5.74, 6) is -0.434. The SMILES string of the molecule is COc1c(CN2O[C@@H](CO)C([C@H](C)O)[C@H]2C(=O)N[C@H]2C[C@H]3C[C@@H]([C@@H]2C)C3(C)C)cccc1-c1cc(C(=O)N[C@@H](Cc2ccccc2)CN(C)C)cc(N(C)CC(=O)O)c1. The molecule has 320 valence electrons. The van der Waals surface area contributed by atoms with Crippen molar-refractivity contribution in [3.8, 4) is 16.9 Å². The first kappa shape index (κ1) is 44.0. The molecule has 2 bridgehead atoms. The topological polar surface area (TPSA) is 164 Å². The van der Waals surface area contributed by atoms with E-state index in [2.05, 4.69) is 31.4 Å². The number of hydroxylamine groups is 2. The van der Waals surface area contributed by atoms with Gasteiger partial charge in [-0.25, -0.2) is 0 Å². The zero-order valence-electron chi connectivity index (χ0n) is 35.7. The van der Waals surface area contributed by atoms with Crippen molar-refractivity contribution in [2.24, 2.45) is 29.1 Å². The van der Waals surface area contributed by atoms with E-state index in [0.717, 1.165) is 12.0 Å². The molecule has 9 atom stereocenters. The lowest BCUT2D eigenvalue weighted by molar-refractivity contribution is -0.183. The molecule has 3 aliphatic carbocycles. The van der Waals surface area contributed by atoms with E-state index in [1.807, 2.05) is 73.6 Å². The van der Waals surface area contributed by atoms with Gasteiger partial charge in [0.15, 0.2) is 0 Å². The first-order valence-electron chi connectivity index (χ1n) is 20.8. The van der Waals surface area contributed by atoms with Crippen molar-refractivity contribution in [1.82, 2.24) is 20.6 Å². The summed E-state index contributed by atoms with van der Waals surface area (Å²) < 4.78 is 6.08. The quantitative estimate of drug-likeness (QED) is 0.131. The molecule has 1 unspecified atom stereocenters. The Bertz CT molecular complexity index is 1960. The molecule has 1 saturated heterocycles. The number of aliphatic carboxylic acids is 1. The highest BCUT2D eigenvalue weighted by Crippen LogP contribution is 2.61. The Hall–Kier alpha value is -4.53. The van der Waals surface area contributed by atoms with Gasteiger partial charge in [0.25, 0.3) is 5.91 Å². The number of nitrogens with zero attached hydrogens (tertiary/aromatic N) is 3. The van der Waals surface area contributed by atoms with Crippen molar-refractivity contribution < 1.29 is 39.3 Å². The standard InChI is InChI=1S/C46H63N5O8/c1-27-37-21-33(46(37,3)4)22-38(27)48-45(57)42-41(28(2)53)39(26-52)59-51(42)23-30-15-12-16-36(43(30)58-8)31-18-32(20-35(19-31)50(7)25-40(54)55)44(56)47-34(24-49(5)6)17-29-13-10-9-11-14-29/h9-16,18-20,27-28,33-34,37-39,41-42,52-53H,17,21-26H2,1-8H3,(H,47,56)(H,48,57)(H,54,55)/t27-,28-,33+,34-,37-,38-,39-,41?,42-/m0/s1. The zero-order valence-corrected chi connectivity index (χ0v) is 35.7. The third-order valence-corrected chi connectivity index (χ3v) is 13.2. The van der Waals surface area contributed by atoms with Gasteiger partial charge in [-0.2, -0.15) is 5.06 Å². The van der Waals surface area contributed by atoms with E-state index in [1.165, 1.54) is 6.42 Å². The van der Waals surface area contributed by atoms with Crippen molar-refractivity contribution in [3.63, 3.8) is 0 Å². The third-order valence-electron chi connectivity index (χ3n) is 13.2. The van der Waals surface area contributed by atoms with E-state index < -0.39 is 30.1 Å². The number of anilines is 1. The average molecular weight is 814 g/mol. The number of likely N-dealkylation sites (N-methyl/N-ethyl adjacent to an activating group) is 2. The van der Waals surface area contributed by atoms with E-state index in [9.17, 15) is 29.7 Å². The Morgan fingerprint density at radius 1 is 1.03 bits per heavy atom. The molecule has 1 aliphatic heterocycles. The van der Waals surface area contributed by atoms with Gasteiger partial charge in [-0.15, -0.1) is 0 Å². The summed E-state index contributed by atoms with van der Waals surface area (Å²) in [5.41, 5.74) is 4.15. The molecule has 0 spiro atoms. The summed E-state index contributed by atoms with van der Waals surface area (Å²) >= 11 is 0. The number of hydrogen-bond acceptors (Lipinski definition) is 10. The molecule has 5 N–H and O–H groups in total. The average Bonchev–Trinajstić information content (AvgIpc) is 3.56. The molecular weight excluding hydrogens is 751 g/mol. The van der Waals surface area contributed by atoms with Crippen LogP contribution >= 0.6 is 0 Å². The smallest absolute Gasteiger partial charge is 0.323 e. The highest BCUT2D eigenvalue weighted by molar-refractivity contribution is 5.97. The number of nitrogens with one attached hydrogen (secondary N) is 2. The number of fused-ring (bicyclic) bond motifs is 2. The van der Waals surface area contributed by atoms with Crippen LogP contribution in [0.15, 0.2) is 66.7 Å². The van der Waals surface area contributed by atoms with E-state index in [-0.39, 0.29) is 49.0 Å². The minimum absolute atomic E-state index is 0.00348. The van der Waals surface area contributed by atoms with Gasteiger partial charge in [0.05, 0.1) is 26.4 Å². The number of carbonyl (C=O) groups is 3. The van der Waals surface area contributed by atoms with Crippen LogP contribution in [0.5, 0.6) is 5.75 Å². The van der Waals surface area contributed by atoms with E-state index in [1.54, 1.807) is 43.2 Å². The molecule has 59 heavy (non-hydrogen) atoms. The van der Waals surface area contributed by atoms with E-state index in [4.69, 9.17) is 9.57 Å². The molecule has 2 amide bonds. The van der Waals surface area contributed by atoms with Gasteiger partial charge in [-0.3, -0.25) is 19.2 Å². The van der Waals surface area contributed by atoms with Crippen LogP contribution in [0.3, 0.4) is 0 Å². The molecule has 13 heteroatoms. The van der Waals surface area contributed by atoms with Crippen LogP contribution in [0, 0.1) is 29.1 Å². The second-order valence-corrected chi connectivity index (χ2v) is 17.9. The van der Waals surface area contributed by atoms with Crippen LogP contribution in [-0.4, -0.2) is 121 Å². The molecule has 0 radical (unpaired) electrons. The molecular formula is C46H63N5O8.